The Bertz CT molecular complexity index is 1290. The van der Waals surface area contributed by atoms with Gasteiger partial charge < -0.3 is 18.6 Å². The molecule has 0 amide bonds. The maximum absolute atomic E-state index is 6.28. The van der Waals surface area contributed by atoms with E-state index in [0.717, 1.165) is 65.6 Å². The van der Waals surface area contributed by atoms with Gasteiger partial charge in [-0.2, -0.15) is 0 Å². The summed E-state index contributed by atoms with van der Waals surface area (Å²) >= 11 is 0. The van der Waals surface area contributed by atoms with Crippen molar-refractivity contribution in [2.45, 2.75) is 26.4 Å². The molecule has 5 heteroatoms. The molecule has 0 unspecified atom stereocenters. The molecule has 0 atom stereocenters. The topological polar surface area (TPSA) is 44.1 Å². The number of furan rings is 1. The zero-order valence-corrected chi connectivity index (χ0v) is 19.6. The van der Waals surface area contributed by atoms with Crippen molar-refractivity contribution in [1.29, 1.82) is 0 Å². The van der Waals surface area contributed by atoms with Gasteiger partial charge in [-0.1, -0.05) is 35.9 Å². The highest BCUT2D eigenvalue weighted by Crippen LogP contribution is 2.37. The SMILES string of the molecule is COc1cc2c(cc1OC)CN(Cc1ccc(OC)c3oc(-c4ccc(C)cc4)cc13)CC2. The lowest BCUT2D eigenvalue weighted by Gasteiger charge is -2.29. The van der Waals surface area contributed by atoms with Crippen molar-refractivity contribution >= 4 is 11.0 Å². The Morgan fingerprint density at radius 3 is 2.21 bits per heavy atom. The summed E-state index contributed by atoms with van der Waals surface area (Å²) in [5.41, 5.74) is 6.95. The fourth-order valence-corrected chi connectivity index (χ4v) is 4.63. The zero-order valence-electron chi connectivity index (χ0n) is 19.6. The summed E-state index contributed by atoms with van der Waals surface area (Å²) in [6.45, 7) is 4.78. The maximum atomic E-state index is 6.28. The predicted molar refractivity (Wildman–Crippen MR) is 130 cm³/mol. The van der Waals surface area contributed by atoms with Gasteiger partial charge in [0, 0.05) is 30.6 Å². The number of nitrogens with zero attached hydrogens (tertiary/aromatic N) is 1. The molecular formula is C28H29NO4. The zero-order chi connectivity index (χ0) is 22.9. The molecule has 0 bridgehead atoms. The molecule has 5 rings (SSSR count). The van der Waals surface area contributed by atoms with Gasteiger partial charge >= 0.3 is 0 Å². The third-order valence-corrected chi connectivity index (χ3v) is 6.48. The molecule has 5 nitrogen and oxygen atoms in total. The van der Waals surface area contributed by atoms with Crippen LogP contribution in [0.1, 0.15) is 22.3 Å². The number of hydrogen-bond acceptors (Lipinski definition) is 5. The van der Waals surface area contributed by atoms with Crippen LogP contribution in [-0.4, -0.2) is 32.8 Å². The normalized spacial score (nSPS) is 13.7. The van der Waals surface area contributed by atoms with Crippen LogP contribution >= 0.6 is 0 Å². The number of rotatable bonds is 6. The Balaban J connectivity index is 1.46. The molecular weight excluding hydrogens is 414 g/mol. The molecule has 1 aliphatic rings. The Morgan fingerprint density at radius 1 is 0.818 bits per heavy atom. The van der Waals surface area contributed by atoms with E-state index in [1.165, 1.54) is 22.3 Å². The highest BCUT2D eigenvalue weighted by Gasteiger charge is 2.21. The molecule has 0 N–H and O–H groups in total. The molecule has 170 valence electrons. The van der Waals surface area contributed by atoms with Crippen LogP contribution in [0.2, 0.25) is 0 Å². The van der Waals surface area contributed by atoms with Crippen LogP contribution in [0.15, 0.2) is 59.0 Å². The average Bonchev–Trinajstić information content (AvgIpc) is 3.29. The summed E-state index contributed by atoms with van der Waals surface area (Å²) in [6.07, 6.45) is 0.981. The van der Waals surface area contributed by atoms with Crippen LogP contribution < -0.4 is 14.2 Å². The van der Waals surface area contributed by atoms with E-state index in [0.29, 0.717) is 0 Å². The molecule has 0 fully saturated rings. The third-order valence-electron chi connectivity index (χ3n) is 6.48. The van der Waals surface area contributed by atoms with Gasteiger partial charge in [0.1, 0.15) is 5.76 Å². The second-order valence-corrected chi connectivity index (χ2v) is 8.58. The first kappa shape index (κ1) is 21.4. The monoisotopic (exact) mass is 443 g/mol. The van der Waals surface area contributed by atoms with Crippen molar-refractivity contribution in [1.82, 2.24) is 4.90 Å². The van der Waals surface area contributed by atoms with Crippen molar-refractivity contribution < 1.29 is 18.6 Å². The van der Waals surface area contributed by atoms with Crippen LogP contribution in [-0.2, 0) is 19.5 Å². The van der Waals surface area contributed by atoms with E-state index in [1.807, 2.05) is 6.07 Å². The number of aryl methyl sites for hydroxylation is 1. The Labute approximate surface area is 194 Å². The molecule has 3 aromatic carbocycles. The van der Waals surface area contributed by atoms with Crippen molar-refractivity contribution in [3.05, 3.63) is 76.9 Å². The minimum atomic E-state index is 0.757. The molecule has 4 aromatic rings. The standard InChI is InChI=1S/C28H29NO4/c1-18-5-7-19(8-6-18)25-15-23-21(9-10-24(30-2)28(23)33-25)16-29-12-11-20-13-26(31-3)27(32-4)14-22(20)17-29/h5-10,13-15H,11-12,16-17H2,1-4H3. The molecule has 2 heterocycles. The summed E-state index contributed by atoms with van der Waals surface area (Å²) in [5, 5.41) is 1.10. The van der Waals surface area contributed by atoms with E-state index in [9.17, 15) is 0 Å². The van der Waals surface area contributed by atoms with Crippen LogP contribution in [0, 0.1) is 6.92 Å². The summed E-state index contributed by atoms with van der Waals surface area (Å²) in [5.74, 6) is 3.19. The van der Waals surface area contributed by atoms with Gasteiger partial charge in [-0.25, -0.2) is 0 Å². The van der Waals surface area contributed by atoms with E-state index in [4.69, 9.17) is 18.6 Å². The van der Waals surface area contributed by atoms with E-state index >= 15 is 0 Å². The highest BCUT2D eigenvalue weighted by atomic mass is 16.5. The summed E-state index contributed by atoms with van der Waals surface area (Å²) in [4.78, 5) is 2.47. The summed E-state index contributed by atoms with van der Waals surface area (Å²) < 4.78 is 22.9. The van der Waals surface area contributed by atoms with E-state index in [-0.39, 0.29) is 0 Å². The number of methoxy groups -OCH3 is 3. The second kappa shape index (κ2) is 8.83. The molecule has 0 radical (unpaired) electrons. The van der Waals surface area contributed by atoms with Gasteiger partial charge in [0.15, 0.2) is 22.8 Å². The van der Waals surface area contributed by atoms with Crippen molar-refractivity contribution in [3.63, 3.8) is 0 Å². The van der Waals surface area contributed by atoms with Crippen LogP contribution in [0.4, 0.5) is 0 Å². The number of ether oxygens (including phenoxy) is 3. The summed E-state index contributed by atoms with van der Waals surface area (Å²) in [7, 11) is 5.05. The number of hydrogen-bond donors (Lipinski definition) is 0. The fraction of sp³-hybridized carbons (Fsp3) is 0.286. The number of fused-ring (bicyclic) bond motifs is 2. The summed E-state index contributed by atoms with van der Waals surface area (Å²) in [6, 6.07) is 18.9. The minimum absolute atomic E-state index is 0.757. The van der Waals surface area contributed by atoms with E-state index in [1.54, 1.807) is 21.3 Å². The lowest BCUT2D eigenvalue weighted by Crippen LogP contribution is -2.30. The first-order chi connectivity index (χ1) is 16.1. The van der Waals surface area contributed by atoms with Gasteiger partial charge in [0.05, 0.1) is 21.3 Å². The van der Waals surface area contributed by atoms with Crippen molar-refractivity contribution in [2.75, 3.05) is 27.9 Å². The second-order valence-electron chi connectivity index (χ2n) is 8.58. The lowest BCUT2D eigenvalue weighted by atomic mass is 9.98. The molecule has 1 aromatic heterocycles. The molecule has 0 saturated heterocycles. The van der Waals surface area contributed by atoms with Gasteiger partial charge in [0.25, 0.3) is 0 Å². The first-order valence-electron chi connectivity index (χ1n) is 11.2. The van der Waals surface area contributed by atoms with Crippen molar-refractivity contribution in [2.24, 2.45) is 0 Å². The van der Waals surface area contributed by atoms with Crippen LogP contribution in [0.3, 0.4) is 0 Å². The first-order valence-corrected chi connectivity index (χ1v) is 11.2. The predicted octanol–water partition coefficient (Wildman–Crippen LogP) is 5.99. The third kappa shape index (κ3) is 4.05. The highest BCUT2D eigenvalue weighted by molar-refractivity contribution is 5.90. The van der Waals surface area contributed by atoms with Gasteiger partial charge in [-0.3, -0.25) is 4.90 Å². The maximum Gasteiger partial charge on any atom is 0.176 e. The Morgan fingerprint density at radius 2 is 1.52 bits per heavy atom. The molecule has 0 spiro atoms. The number of benzene rings is 3. The molecule has 0 saturated carbocycles. The lowest BCUT2D eigenvalue weighted by molar-refractivity contribution is 0.245. The molecule has 1 aliphatic heterocycles. The van der Waals surface area contributed by atoms with E-state index in [2.05, 4.69) is 60.4 Å². The smallest absolute Gasteiger partial charge is 0.176 e. The Hall–Kier alpha value is -3.44. The van der Waals surface area contributed by atoms with Crippen LogP contribution in [0.5, 0.6) is 17.2 Å². The van der Waals surface area contributed by atoms with Gasteiger partial charge in [0.2, 0.25) is 0 Å². The van der Waals surface area contributed by atoms with Crippen molar-refractivity contribution in [3.8, 4) is 28.6 Å². The largest absolute Gasteiger partial charge is 0.493 e. The van der Waals surface area contributed by atoms with E-state index < -0.39 is 0 Å². The van der Waals surface area contributed by atoms with Gasteiger partial charge in [-0.05, 0) is 54.3 Å². The van der Waals surface area contributed by atoms with Crippen LogP contribution in [0.25, 0.3) is 22.3 Å². The fourth-order valence-electron chi connectivity index (χ4n) is 4.63. The Kier molecular flexibility index (Phi) is 5.73. The molecule has 0 aliphatic carbocycles. The minimum Gasteiger partial charge on any atom is -0.493 e. The quantitative estimate of drug-likeness (QED) is 0.366. The van der Waals surface area contributed by atoms with Gasteiger partial charge in [-0.15, -0.1) is 0 Å². The molecule has 33 heavy (non-hydrogen) atoms. The average molecular weight is 444 g/mol.